The molecule has 0 saturated carbocycles. The average molecular weight is 424 g/mol. The van der Waals surface area contributed by atoms with E-state index in [1.165, 1.54) is 0 Å². The number of hydrogen-bond acceptors (Lipinski definition) is 4. The van der Waals surface area contributed by atoms with E-state index >= 15 is 0 Å². The number of nitrogens with zero attached hydrogens (tertiary/aromatic N) is 2. The van der Waals surface area contributed by atoms with Crippen LogP contribution in [0.3, 0.4) is 0 Å². The number of carbonyl (C=O) groups excluding carboxylic acids is 1. The molecule has 0 bridgehead atoms. The molecule has 2 aliphatic heterocycles. The highest BCUT2D eigenvalue weighted by molar-refractivity contribution is 6.17. The number of anilines is 2. The van der Waals surface area contributed by atoms with Gasteiger partial charge in [-0.15, -0.1) is 11.6 Å². The van der Waals surface area contributed by atoms with E-state index in [4.69, 9.17) is 16.3 Å². The maximum Gasteiger partial charge on any atom is 0.255 e. The summed E-state index contributed by atoms with van der Waals surface area (Å²) in [6.07, 6.45) is 8.52. The van der Waals surface area contributed by atoms with Gasteiger partial charge in [0.15, 0.2) is 0 Å². The fourth-order valence-corrected chi connectivity index (χ4v) is 3.93. The number of nitrogens with one attached hydrogen (secondary N) is 1. The van der Waals surface area contributed by atoms with Crippen molar-refractivity contribution in [3.8, 4) is 0 Å². The van der Waals surface area contributed by atoms with Crippen LogP contribution in [0.15, 0.2) is 66.9 Å². The number of morpholine rings is 1. The molecule has 2 aromatic rings. The van der Waals surface area contributed by atoms with Crippen LogP contribution in [0.5, 0.6) is 0 Å². The quantitative estimate of drug-likeness (QED) is 0.717. The molecule has 1 atom stereocenters. The Morgan fingerprint density at radius 3 is 2.80 bits per heavy atom. The minimum Gasteiger partial charge on any atom is -0.379 e. The first-order chi connectivity index (χ1) is 14.7. The van der Waals surface area contributed by atoms with Crippen LogP contribution in [0, 0.1) is 6.92 Å². The monoisotopic (exact) mass is 423 g/mol. The molecule has 30 heavy (non-hydrogen) atoms. The normalized spacial score (nSPS) is 19.1. The summed E-state index contributed by atoms with van der Waals surface area (Å²) in [5.74, 6) is 0.244. The van der Waals surface area contributed by atoms with Crippen molar-refractivity contribution < 1.29 is 9.53 Å². The van der Waals surface area contributed by atoms with Gasteiger partial charge in [0.05, 0.1) is 13.2 Å². The molecule has 1 fully saturated rings. The molecule has 0 spiro atoms. The lowest BCUT2D eigenvalue weighted by atomic mass is 10.1. The zero-order valence-corrected chi connectivity index (χ0v) is 17.8. The van der Waals surface area contributed by atoms with Crippen molar-refractivity contribution in [3.05, 3.63) is 83.6 Å². The van der Waals surface area contributed by atoms with Gasteiger partial charge in [0, 0.05) is 42.1 Å². The van der Waals surface area contributed by atoms with Crippen LogP contribution in [-0.4, -0.2) is 43.3 Å². The average Bonchev–Trinajstić information content (AvgIpc) is 2.81. The minimum absolute atomic E-state index is 0.130. The van der Waals surface area contributed by atoms with Crippen molar-refractivity contribution in [1.82, 2.24) is 4.90 Å². The van der Waals surface area contributed by atoms with Crippen LogP contribution in [0.2, 0.25) is 0 Å². The topological polar surface area (TPSA) is 44.8 Å². The van der Waals surface area contributed by atoms with Gasteiger partial charge < -0.3 is 15.0 Å². The maximum absolute atomic E-state index is 12.8. The van der Waals surface area contributed by atoms with Crippen LogP contribution in [-0.2, 0) is 10.6 Å². The molecule has 4 rings (SSSR count). The minimum atomic E-state index is -0.138. The van der Waals surface area contributed by atoms with Crippen molar-refractivity contribution in [1.29, 1.82) is 0 Å². The van der Waals surface area contributed by atoms with Crippen molar-refractivity contribution in [2.24, 2.45) is 0 Å². The Labute approximate surface area is 182 Å². The van der Waals surface area contributed by atoms with Crippen molar-refractivity contribution in [2.75, 3.05) is 36.5 Å². The molecule has 2 heterocycles. The first-order valence-electron chi connectivity index (χ1n) is 10.2. The summed E-state index contributed by atoms with van der Waals surface area (Å²) in [7, 11) is 0. The van der Waals surface area contributed by atoms with Gasteiger partial charge in [-0.25, -0.2) is 0 Å². The van der Waals surface area contributed by atoms with E-state index in [0.717, 1.165) is 48.8 Å². The van der Waals surface area contributed by atoms with E-state index in [9.17, 15) is 4.79 Å². The van der Waals surface area contributed by atoms with Crippen molar-refractivity contribution >= 4 is 28.9 Å². The third kappa shape index (κ3) is 4.59. The Kier molecular flexibility index (Phi) is 6.53. The molecule has 1 amide bonds. The molecule has 2 aliphatic rings. The SMILES string of the molecule is Cc1ccc(N2C=CC=CC2N2CCOCC2)cc1NC(=O)c1cccc(CCl)c1. The maximum atomic E-state index is 12.8. The van der Waals surface area contributed by atoms with Gasteiger partial charge in [0.1, 0.15) is 6.17 Å². The molecule has 5 nitrogen and oxygen atoms in total. The summed E-state index contributed by atoms with van der Waals surface area (Å²) in [4.78, 5) is 17.5. The Morgan fingerprint density at radius 1 is 1.17 bits per heavy atom. The van der Waals surface area contributed by atoms with Crippen LogP contribution >= 0.6 is 11.6 Å². The fourth-order valence-electron chi connectivity index (χ4n) is 3.76. The Bertz CT molecular complexity index is 967. The van der Waals surface area contributed by atoms with Crippen LogP contribution in [0.4, 0.5) is 11.4 Å². The zero-order valence-electron chi connectivity index (χ0n) is 17.1. The van der Waals surface area contributed by atoms with Crippen molar-refractivity contribution in [2.45, 2.75) is 19.0 Å². The van der Waals surface area contributed by atoms with Gasteiger partial charge in [-0.3, -0.25) is 9.69 Å². The number of benzene rings is 2. The van der Waals surface area contributed by atoms with E-state index in [-0.39, 0.29) is 12.1 Å². The third-order valence-corrected chi connectivity index (χ3v) is 5.77. The van der Waals surface area contributed by atoms with Gasteiger partial charge in [0.2, 0.25) is 0 Å². The van der Waals surface area contributed by atoms with Gasteiger partial charge in [0.25, 0.3) is 5.91 Å². The standard InChI is InChI=1S/C24H26ClN3O2/c1-18-8-9-21(28-10-3-2-7-23(28)27-11-13-30-14-12-27)16-22(18)26-24(29)20-6-4-5-19(15-20)17-25/h2-10,15-16,23H,11-14,17H2,1H3,(H,26,29). The summed E-state index contributed by atoms with van der Waals surface area (Å²) < 4.78 is 5.51. The Balaban J connectivity index is 1.57. The number of ether oxygens (including phenoxy) is 1. The van der Waals surface area contributed by atoms with E-state index in [0.29, 0.717) is 11.4 Å². The third-order valence-electron chi connectivity index (χ3n) is 5.46. The number of hydrogen-bond donors (Lipinski definition) is 1. The number of halogens is 1. The van der Waals surface area contributed by atoms with E-state index < -0.39 is 0 Å². The van der Waals surface area contributed by atoms with Crippen LogP contribution in [0.25, 0.3) is 0 Å². The molecule has 1 saturated heterocycles. The summed E-state index contributed by atoms with van der Waals surface area (Å²) in [5.41, 5.74) is 4.37. The molecule has 1 N–H and O–H groups in total. The molecule has 0 aromatic heterocycles. The second-order valence-corrected chi connectivity index (χ2v) is 7.75. The lowest BCUT2D eigenvalue weighted by Crippen LogP contribution is -2.50. The largest absolute Gasteiger partial charge is 0.379 e. The van der Waals surface area contributed by atoms with Gasteiger partial charge in [-0.05, 0) is 54.5 Å². The molecule has 2 aromatic carbocycles. The van der Waals surface area contributed by atoms with E-state index in [1.54, 1.807) is 6.07 Å². The molecular formula is C24H26ClN3O2. The molecule has 6 heteroatoms. The zero-order chi connectivity index (χ0) is 20.9. The lowest BCUT2D eigenvalue weighted by molar-refractivity contribution is 0.0263. The highest BCUT2D eigenvalue weighted by Gasteiger charge is 2.25. The summed E-state index contributed by atoms with van der Waals surface area (Å²) in [5, 5.41) is 3.07. The second-order valence-electron chi connectivity index (χ2n) is 7.48. The number of carbonyl (C=O) groups is 1. The van der Waals surface area contributed by atoms with Crippen LogP contribution in [0.1, 0.15) is 21.5 Å². The predicted octanol–water partition coefficient (Wildman–Crippen LogP) is 4.53. The van der Waals surface area contributed by atoms with Crippen LogP contribution < -0.4 is 10.2 Å². The predicted molar refractivity (Wildman–Crippen MR) is 122 cm³/mol. The molecule has 0 radical (unpaired) electrons. The number of aryl methyl sites for hydroxylation is 1. The smallest absolute Gasteiger partial charge is 0.255 e. The Hall–Kier alpha value is -2.60. The summed E-state index contributed by atoms with van der Waals surface area (Å²) in [6.45, 7) is 5.29. The summed E-state index contributed by atoms with van der Waals surface area (Å²) >= 11 is 5.91. The fraction of sp³-hybridized carbons (Fsp3) is 0.292. The first-order valence-corrected chi connectivity index (χ1v) is 10.7. The Morgan fingerprint density at radius 2 is 2.00 bits per heavy atom. The molecular weight excluding hydrogens is 398 g/mol. The van der Waals surface area contributed by atoms with E-state index in [2.05, 4.69) is 39.5 Å². The van der Waals surface area contributed by atoms with Gasteiger partial charge in [-0.1, -0.05) is 24.3 Å². The van der Waals surface area contributed by atoms with E-state index in [1.807, 2.05) is 43.3 Å². The highest BCUT2D eigenvalue weighted by Crippen LogP contribution is 2.28. The molecule has 156 valence electrons. The number of alkyl halides is 1. The number of allylic oxidation sites excluding steroid dienone is 2. The van der Waals surface area contributed by atoms with Gasteiger partial charge in [-0.2, -0.15) is 0 Å². The second kappa shape index (κ2) is 9.47. The number of amides is 1. The lowest BCUT2D eigenvalue weighted by Gasteiger charge is -2.40. The number of rotatable bonds is 5. The molecule has 1 unspecified atom stereocenters. The summed E-state index contributed by atoms with van der Waals surface area (Å²) in [6, 6.07) is 13.6. The first kappa shape index (κ1) is 20.7. The highest BCUT2D eigenvalue weighted by atomic mass is 35.5. The van der Waals surface area contributed by atoms with Crippen molar-refractivity contribution in [3.63, 3.8) is 0 Å². The van der Waals surface area contributed by atoms with Gasteiger partial charge >= 0.3 is 0 Å². The molecule has 0 aliphatic carbocycles.